The molecule has 0 atom stereocenters. The van der Waals surface area contributed by atoms with Crippen LogP contribution in [0.2, 0.25) is 0 Å². The molecular weight excluding hydrogens is 172 g/mol. The molecule has 0 spiro atoms. The van der Waals surface area contributed by atoms with Gasteiger partial charge in [-0.2, -0.15) is 0 Å². The molecule has 0 aliphatic carbocycles. The molecule has 0 aliphatic rings. The molecule has 0 fully saturated rings. The summed E-state index contributed by atoms with van der Waals surface area (Å²) in [6.07, 6.45) is 0. The predicted molar refractivity (Wildman–Crippen MR) is 25.9 cm³/mol. The molecule has 0 aromatic heterocycles. The Hall–Kier alpha value is -0.427. The zero-order valence-electron chi connectivity index (χ0n) is 4.80. The second-order valence-electron chi connectivity index (χ2n) is 1.22. The molecule has 9 heavy (non-hydrogen) atoms. The SMILES string of the molecule is Fc1cc[c]cc1.[O]=[Zn]. The normalized spacial score (nSPS) is 7.44. The molecule has 0 unspecified atom stereocenters. The van der Waals surface area contributed by atoms with Crippen LogP contribution in [-0.4, -0.2) is 0 Å². The Bertz CT molecular complexity index is 154. The standard InChI is InChI=1S/C6H4F.O.Zn/c7-6-4-2-1-3-5-6;;/h2-5H;;. The van der Waals surface area contributed by atoms with Crippen LogP contribution in [0.15, 0.2) is 24.3 Å². The average Bonchev–Trinajstić information content (AvgIpc) is 1.94. The van der Waals surface area contributed by atoms with E-state index in [1.54, 1.807) is 0 Å². The van der Waals surface area contributed by atoms with Crippen molar-refractivity contribution in [1.82, 2.24) is 0 Å². The van der Waals surface area contributed by atoms with Crippen LogP contribution in [0.5, 0.6) is 0 Å². The molecule has 0 bridgehead atoms. The summed E-state index contributed by atoms with van der Waals surface area (Å²) in [5.74, 6) is -0.209. The molecular formula is C6H4FOZn. The number of hydrogen-bond donors (Lipinski definition) is 0. The van der Waals surface area contributed by atoms with E-state index in [-0.39, 0.29) is 24.1 Å². The summed E-state index contributed by atoms with van der Waals surface area (Å²) < 4.78 is 20.3. The van der Waals surface area contributed by atoms with Crippen molar-refractivity contribution in [2.75, 3.05) is 0 Å². The van der Waals surface area contributed by atoms with Crippen molar-refractivity contribution in [1.29, 1.82) is 0 Å². The van der Waals surface area contributed by atoms with E-state index in [1.807, 2.05) is 0 Å². The van der Waals surface area contributed by atoms with Crippen molar-refractivity contribution >= 4 is 0 Å². The van der Waals surface area contributed by atoms with Crippen molar-refractivity contribution in [2.24, 2.45) is 0 Å². The molecule has 0 aliphatic heterocycles. The molecule has 1 nitrogen and oxygen atoms in total. The van der Waals surface area contributed by atoms with E-state index in [2.05, 4.69) is 6.07 Å². The van der Waals surface area contributed by atoms with Crippen LogP contribution < -0.4 is 0 Å². The first-order valence-electron chi connectivity index (χ1n) is 2.30. The summed E-state index contributed by atoms with van der Waals surface area (Å²) >= 11 is 0.125. The van der Waals surface area contributed by atoms with Crippen molar-refractivity contribution in [2.45, 2.75) is 0 Å². The average molecular weight is 176 g/mol. The zero-order valence-corrected chi connectivity index (χ0v) is 7.77. The van der Waals surface area contributed by atoms with Crippen LogP contribution in [0.1, 0.15) is 0 Å². The van der Waals surface area contributed by atoms with Crippen LogP contribution in [-0.2, 0) is 21.8 Å². The van der Waals surface area contributed by atoms with Crippen molar-refractivity contribution in [3.63, 3.8) is 0 Å². The Morgan fingerprint density at radius 3 is 2.00 bits per heavy atom. The van der Waals surface area contributed by atoms with Gasteiger partial charge >= 0.3 is 21.8 Å². The van der Waals surface area contributed by atoms with E-state index in [0.29, 0.717) is 0 Å². The van der Waals surface area contributed by atoms with Gasteiger partial charge in [-0.3, -0.25) is 0 Å². The summed E-state index contributed by atoms with van der Waals surface area (Å²) in [6.45, 7) is 0. The van der Waals surface area contributed by atoms with Crippen LogP contribution >= 0.6 is 0 Å². The van der Waals surface area contributed by atoms with Crippen molar-refractivity contribution in [3.8, 4) is 0 Å². The summed E-state index contributed by atoms with van der Waals surface area (Å²) in [5, 5.41) is 0. The van der Waals surface area contributed by atoms with E-state index in [0.717, 1.165) is 0 Å². The van der Waals surface area contributed by atoms with Gasteiger partial charge in [-0.25, -0.2) is 4.39 Å². The zero-order chi connectivity index (χ0) is 7.11. The molecule has 0 saturated heterocycles. The molecule has 0 N–H and O–H groups in total. The quantitative estimate of drug-likeness (QED) is 0.548. The second-order valence-corrected chi connectivity index (χ2v) is 1.22. The van der Waals surface area contributed by atoms with Gasteiger partial charge in [0, 0.05) is 0 Å². The topological polar surface area (TPSA) is 17.1 Å². The molecule has 0 saturated carbocycles. The molecule has 43 valence electrons. The molecule has 1 aromatic rings. The minimum atomic E-state index is -0.209. The summed E-state index contributed by atoms with van der Waals surface area (Å²) in [6, 6.07) is 8.49. The van der Waals surface area contributed by atoms with Gasteiger partial charge in [0.15, 0.2) is 0 Å². The monoisotopic (exact) mass is 175 g/mol. The van der Waals surface area contributed by atoms with Gasteiger partial charge in [-0.05, 0) is 18.2 Å². The van der Waals surface area contributed by atoms with E-state index in [4.69, 9.17) is 3.57 Å². The van der Waals surface area contributed by atoms with E-state index in [9.17, 15) is 4.39 Å². The van der Waals surface area contributed by atoms with Gasteiger partial charge < -0.3 is 0 Å². The molecule has 3 heteroatoms. The van der Waals surface area contributed by atoms with E-state index < -0.39 is 0 Å². The molecule has 1 aromatic carbocycles. The Labute approximate surface area is 62.8 Å². The van der Waals surface area contributed by atoms with Crippen molar-refractivity contribution in [3.05, 3.63) is 36.1 Å². The Kier molecular flexibility index (Phi) is 5.43. The van der Waals surface area contributed by atoms with Gasteiger partial charge in [0.25, 0.3) is 0 Å². The first-order chi connectivity index (χ1) is 4.39. The third kappa shape index (κ3) is 4.10. The number of halogens is 1. The first-order valence-corrected chi connectivity index (χ1v) is 3.51. The fourth-order valence-electron chi connectivity index (χ4n) is 0.367. The van der Waals surface area contributed by atoms with Crippen LogP contribution in [0, 0.1) is 11.9 Å². The predicted octanol–water partition coefficient (Wildman–Crippen LogP) is 1.50. The van der Waals surface area contributed by atoms with Crippen LogP contribution in [0.4, 0.5) is 4.39 Å². The van der Waals surface area contributed by atoms with Gasteiger partial charge in [-0.15, -0.1) is 0 Å². The number of hydrogen-bond acceptors (Lipinski definition) is 1. The van der Waals surface area contributed by atoms with Gasteiger partial charge in [-0.1, -0.05) is 12.1 Å². The third-order valence-electron chi connectivity index (χ3n) is 0.678. The van der Waals surface area contributed by atoms with Gasteiger partial charge in [0.05, 0.1) is 0 Å². The summed E-state index contributed by atoms with van der Waals surface area (Å²) in [5.41, 5.74) is 0. The Balaban J connectivity index is 0.000000291. The van der Waals surface area contributed by atoms with Gasteiger partial charge in [0.2, 0.25) is 0 Å². The number of benzene rings is 1. The molecule has 1 radical (unpaired) electrons. The maximum atomic E-state index is 11.9. The number of rotatable bonds is 0. The molecule has 1 rings (SSSR count). The Morgan fingerprint density at radius 1 is 1.33 bits per heavy atom. The maximum absolute atomic E-state index is 11.9. The van der Waals surface area contributed by atoms with Gasteiger partial charge in [0.1, 0.15) is 5.82 Å². The summed E-state index contributed by atoms with van der Waals surface area (Å²) in [7, 11) is 0. The molecule has 0 heterocycles. The fraction of sp³-hybridized carbons (Fsp3) is 0. The van der Waals surface area contributed by atoms with E-state index >= 15 is 0 Å². The minimum absolute atomic E-state index is 0.125. The van der Waals surface area contributed by atoms with Crippen LogP contribution in [0.25, 0.3) is 0 Å². The Morgan fingerprint density at radius 2 is 1.78 bits per heavy atom. The second kappa shape index (κ2) is 5.71. The fourth-order valence-corrected chi connectivity index (χ4v) is 0.367. The third-order valence-corrected chi connectivity index (χ3v) is 0.678. The first kappa shape index (κ1) is 8.57. The van der Waals surface area contributed by atoms with Crippen molar-refractivity contribution < 1.29 is 26.2 Å². The molecule has 0 amide bonds. The summed E-state index contributed by atoms with van der Waals surface area (Å²) in [4.78, 5) is 0. The van der Waals surface area contributed by atoms with Crippen LogP contribution in [0.3, 0.4) is 0 Å². The van der Waals surface area contributed by atoms with E-state index in [1.165, 1.54) is 24.3 Å².